The molecular weight excluding hydrogens is 310 g/mol. The van der Waals surface area contributed by atoms with Gasteiger partial charge in [0, 0.05) is 0 Å². The van der Waals surface area contributed by atoms with E-state index in [0.29, 0.717) is 0 Å². The summed E-state index contributed by atoms with van der Waals surface area (Å²) in [6.07, 6.45) is 3.51. The number of phenolic OH excluding ortho intramolecular Hbond substituents is 1. The highest BCUT2D eigenvalue weighted by molar-refractivity contribution is 5.27. The Morgan fingerprint density at radius 2 is 1.56 bits per heavy atom. The van der Waals surface area contributed by atoms with Crippen LogP contribution in [0.5, 0.6) is 5.75 Å². The summed E-state index contributed by atoms with van der Waals surface area (Å²) in [6.45, 7) is 6.32. The van der Waals surface area contributed by atoms with Crippen molar-refractivity contribution in [2.75, 3.05) is 13.1 Å². The minimum absolute atomic E-state index is 0.203. The summed E-state index contributed by atoms with van der Waals surface area (Å²) in [4.78, 5) is 0. The van der Waals surface area contributed by atoms with E-state index >= 15 is 0 Å². The molecule has 2 aromatic rings. The minimum atomic E-state index is -0.439. The monoisotopic (exact) mass is 341 g/mol. The molecule has 0 spiro atoms. The number of hydrogen-bond donors (Lipinski definition) is 3. The first-order valence-electron chi connectivity index (χ1n) is 9.28. The van der Waals surface area contributed by atoms with Crippen molar-refractivity contribution in [1.29, 1.82) is 0 Å². The van der Waals surface area contributed by atoms with Gasteiger partial charge in [0.25, 0.3) is 0 Å². The molecule has 3 N–H and O–H groups in total. The topological polar surface area (TPSA) is 52.5 Å². The first kappa shape index (κ1) is 19.5. The normalized spacial score (nSPS) is 16.2. The average Bonchev–Trinajstić information content (AvgIpc) is 2.64. The second-order valence-electron chi connectivity index (χ2n) is 7.16. The molecule has 2 aromatic carbocycles. The molecule has 0 amide bonds. The van der Waals surface area contributed by atoms with Crippen LogP contribution in [-0.2, 0) is 6.42 Å². The Morgan fingerprint density at radius 1 is 0.960 bits per heavy atom. The van der Waals surface area contributed by atoms with E-state index in [1.165, 1.54) is 37.9 Å². The van der Waals surface area contributed by atoms with Gasteiger partial charge in [-0.3, -0.25) is 0 Å². The van der Waals surface area contributed by atoms with Gasteiger partial charge in [0.05, 0.1) is 6.10 Å². The SMILES string of the molecule is CC(C)C(O)c1ccc(O)cc1.c1ccc(CC2CCNCC2)cc1. The Labute approximate surface area is 151 Å². The van der Waals surface area contributed by atoms with Crippen molar-refractivity contribution in [3.63, 3.8) is 0 Å². The second kappa shape index (κ2) is 10.2. The van der Waals surface area contributed by atoms with E-state index in [-0.39, 0.29) is 11.7 Å². The Morgan fingerprint density at radius 3 is 2.12 bits per heavy atom. The van der Waals surface area contributed by atoms with Gasteiger partial charge in [0.2, 0.25) is 0 Å². The predicted molar refractivity (Wildman–Crippen MR) is 104 cm³/mol. The van der Waals surface area contributed by atoms with Crippen molar-refractivity contribution < 1.29 is 10.2 Å². The Kier molecular flexibility index (Phi) is 7.96. The third-order valence-electron chi connectivity index (χ3n) is 4.69. The molecular formula is C22H31NO2. The van der Waals surface area contributed by atoms with E-state index in [1.807, 2.05) is 13.8 Å². The maximum atomic E-state index is 9.61. The summed E-state index contributed by atoms with van der Waals surface area (Å²) < 4.78 is 0. The van der Waals surface area contributed by atoms with Gasteiger partial charge in [-0.25, -0.2) is 0 Å². The van der Waals surface area contributed by atoms with E-state index in [4.69, 9.17) is 5.11 Å². The Bertz CT molecular complexity index is 589. The van der Waals surface area contributed by atoms with Crippen LogP contribution in [0.25, 0.3) is 0 Å². The molecule has 0 aliphatic carbocycles. The van der Waals surface area contributed by atoms with Crippen LogP contribution in [0.1, 0.15) is 43.9 Å². The van der Waals surface area contributed by atoms with Gasteiger partial charge in [0.1, 0.15) is 5.75 Å². The molecule has 3 nitrogen and oxygen atoms in total. The van der Waals surface area contributed by atoms with Crippen LogP contribution < -0.4 is 5.32 Å². The average molecular weight is 341 g/mol. The van der Waals surface area contributed by atoms with E-state index < -0.39 is 6.10 Å². The third-order valence-corrected chi connectivity index (χ3v) is 4.69. The van der Waals surface area contributed by atoms with Crippen LogP contribution in [0, 0.1) is 11.8 Å². The lowest BCUT2D eigenvalue weighted by Gasteiger charge is -2.22. The number of aliphatic hydroxyl groups is 1. The first-order chi connectivity index (χ1) is 12.1. The number of aromatic hydroxyl groups is 1. The number of nitrogens with one attached hydrogen (secondary N) is 1. The van der Waals surface area contributed by atoms with E-state index in [0.717, 1.165) is 11.5 Å². The van der Waals surface area contributed by atoms with Crippen molar-refractivity contribution in [2.24, 2.45) is 11.8 Å². The Balaban J connectivity index is 0.000000181. The van der Waals surface area contributed by atoms with Gasteiger partial charge in [-0.05, 0) is 67.4 Å². The summed E-state index contributed by atoms with van der Waals surface area (Å²) in [5.74, 6) is 1.34. The number of phenols is 1. The maximum Gasteiger partial charge on any atom is 0.115 e. The molecule has 3 heteroatoms. The highest BCUT2D eigenvalue weighted by Gasteiger charge is 2.13. The number of rotatable bonds is 4. The fourth-order valence-electron chi connectivity index (χ4n) is 3.09. The van der Waals surface area contributed by atoms with E-state index in [2.05, 4.69) is 35.6 Å². The van der Waals surface area contributed by atoms with Crippen LogP contribution in [0.2, 0.25) is 0 Å². The summed E-state index contributed by atoms with van der Waals surface area (Å²) in [5.41, 5.74) is 2.34. The van der Waals surface area contributed by atoms with Crippen molar-refractivity contribution >= 4 is 0 Å². The van der Waals surface area contributed by atoms with Gasteiger partial charge >= 0.3 is 0 Å². The predicted octanol–water partition coefficient (Wildman–Crippen LogP) is 4.31. The lowest BCUT2D eigenvalue weighted by atomic mass is 9.91. The fourth-order valence-corrected chi connectivity index (χ4v) is 3.09. The molecule has 1 fully saturated rings. The molecule has 1 heterocycles. The molecule has 3 rings (SSSR count). The molecule has 0 saturated carbocycles. The van der Waals surface area contributed by atoms with Gasteiger partial charge in [-0.2, -0.15) is 0 Å². The molecule has 25 heavy (non-hydrogen) atoms. The smallest absolute Gasteiger partial charge is 0.115 e. The van der Waals surface area contributed by atoms with Crippen LogP contribution in [0.3, 0.4) is 0 Å². The van der Waals surface area contributed by atoms with Crippen LogP contribution in [0.15, 0.2) is 54.6 Å². The van der Waals surface area contributed by atoms with Gasteiger partial charge in [-0.1, -0.05) is 56.3 Å². The summed E-state index contributed by atoms with van der Waals surface area (Å²) in [7, 11) is 0. The van der Waals surface area contributed by atoms with Crippen molar-refractivity contribution in [2.45, 2.75) is 39.2 Å². The molecule has 1 saturated heterocycles. The molecule has 0 aromatic heterocycles. The standard InChI is InChI=1S/C12H17N.C10H14O2/c1-2-4-11(5-3-1)10-12-6-8-13-9-7-12;1-7(2)10(12)8-3-5-9(11)6-4-8/h1-5,12-13H,6-10H2;3-7,10-12H,1-2H3. The van der Waals surface area contributed by atoms with Gasteiger partial charge in [-0.15, -0.1) is 0 Å². The first-order valence-corrected chi connectivity index (χ1v) is 9.28. The third kappa shape index (κ3) is 6.89. The van der Waals surface area contributed by atoms with Crippen LogP contribution in [0.4, 0.5) is 0 Å². The van der Waals surface area contributed by atoms with E-state index in [9.17, 15) is 5.11 Å². The zero-order chi connectivity index (χ0) is 18.1. The molecule has 1 unspecified atom stereocenters. The summed E-state index contributed by atoms with van der Waals surface area (Å²) >= 11 is 0. The van der Waals surface area contributed by atoms with Gasteiger partial charge < -0.3 is 15.5 Å². The zero-order valence-corrected chi connectivity index (χ0v) is 15.4. The summed E-state index contributed by atoms with van der Waals surface area (Å²) in [5, 5.41) is 22.0. The lowest BCUT2D eigenvalue weighted by molar-refractivity contribution is 0.127. The molecule has 0 bridgehead atoms. The number of hydrogen-bond acceptors (Lipinski definition) is 3. The second-order valence-corrected chi connectivity index (χ2v) is 7.16. The highest BCUT2D eigenvalue weighted by atomic mass is 16.3. The van der Waals surface area contributed by atoms with E-state index in [1.54, 1.807) is 24.3 Å². The minimum Gasteiger partial charge on any atom is -0.508 e. The molecule has 136 valence electrons. The highest BCUT2D eigenvalue weighted by Crippen LogP contribution is 2.22. The van der Waals surface area contributed by atoms with Crippen molar-refractivity contribution in [1.82, 2.24) is 5.32 Å². The molecule has 1 aliphatic heterocycles. The lowest BCUT2D eigenvalue weighted by Crippen LogP contribution is -2.28. The maximum absolute atomic E-state index is 9.61. The zero-order valence-electron chi connectivity index (χ0n) is 15.4. The fraction of sp³-hybridized carbons (Fsp3) is 0.455. The Hall–Kier alpha value is -1.84. The number of aliphatic hydroxyl groups excluding tert-OH is 1. The molecule has 0 radical (unpaired) electrons. The number of piperidine rings is 1. The summed E-state index contributed by atoms with van der Waals surface area (Å²) in [6, 6.07) is 17.5. The molecule has 1 atom stereocenters. The van der Waals surface area contributed by atoms with Crippen molar-refractivity contribution in [3.8, 4) is 5.75 Å². The quantitative estimate of drug-likeness (QED) is 0.777. The van der Waals surface area contributed by atoms with Crippen LogP contribution >= 0.6 is 0 Å². The van der Waals surface area contributed by atoms with Gasteiger partial charge in [0.15, 0.2) is 0 Å². The van der Waals surface area contributed by atoms with Crippen molar-refractivity contribution in [3.05, 3.63) is 65.7 Å². The molecule has 1 aliphatic rings. The number of benzene rings is 2. The van der Waals surface area contributed by atoms with Crippen LogP contribution in [-0.4, -0.2) is 23.3 Å². The largest absolute Gasteiger partial charge is 0.508 e.